The van der Waals surface area contributed by atoms with E-state index in [-0.39, 0.29) is 17.8 Å². The van der Waals surface area contributed by atoms with E-state index in [0.717, 1.165) is 35.7 Å². The fraction of sp³-hybridized carbons (Fsp3) is 0.320. The van der Waals surface area contributed by atoms with Crippen molar-refractivity contribution in [3.63, 3.8) is 0 Å². The van der Waals surface area contributed by atoms with Crippen LogP contribution in [0.4, 0.5) is 0 Å². The Hall–Kier alpha value is -2.83. The molecule has 0 spiro atoms. The van der Waals surface area contributed by atoms with E-state index in [4.69, 9.17) is 4.42 Å². The summed E-state index contributed by atoms with van der Waals surface area (Å²) in [6.45, 7) is 0. The smallest absolute Gasteiger partial charge is 0.134 e. The second kappa shape index (κ2) is 8.46. The van der Waals surface area contributed by atoms with Crippen LogP contribution >= 0.6 is 0 Å². The van der Waals surface area contributed by atoms with Crippen molar-refractivity contribution in [3.8, 4) is 11.8 Å². The van der Waals surface area contributed by atoms with Gasteiger partial charge in [-0.15, -0.1) is 5.92 Å². The van der Waals surface area contributed by atoms with Crippen LogP contribution in [0.15, 0.2) is 65.3 Å². The summed E-state index contributed by atoms with van der Waals surface area (Å²) in [6.07, 6.45) is 4.98. The van der Waals surface area contributed by atoms with Gasteiger partial charge in [0, 0.05) is 41.5 Å². The first-order chi connectivity index (χ1) is 13.8. The highest BCUT2D eigenvalue weighted by Gasteiger charge is 2.33. The number of benzene rings is 2. The zero-order valence-corrected chi connectivity index (χ0v) is 15.8. The topological polar surface area (TPSA) is 50.4 Å². The highest BCUT2D eigenvalue weighted by molar-refractivity contribution is 5.82. The first kappa shape index (κ1) is 18.5. The van der Waals surface area contributed by atoms with Crippen LogP contribution in [0.5, 0.6) is 0 Å². The Morgan fingerprint density at radius 2 is 1.89 bits per heavy atom. The summed E-state index contributed by atoms with van der Waals surface area (Å²) in [5.41, 5.74) is 3.24. The lowest BCUT2D eigenvalue weighted by molar-refractivity contribution is -0.109. The molecule has 4 rings (SSSR count). The molecule has 1 fully saturated rings. The molecule has 0 saturated heterocycles. The van der Waals surface area contributed by atoms with Crippen molar-refractivity contribution in [2.75, 3.05) is 0 Å². The van der Waals surface area contributed by atoms with Gasteiger partial charge >= 0.3 is 0 Å². The van der Waals surface area contributed by atoms with Gasteiger partial charge in [-0.2, -0.15) is 0 Å². The molecular formula is C25H24O3. The lowest BCUT2D eigenvalue weighted by Gasteiger charge is -2.16. The third-order valence-corrected chi connectivity index (χ3v) is 5.83. The molecule has 1 saturated carbocycles. The van der Waals surface area contributed by atoms with E-state index >= 15 is 0 Å². The number of hydrogen-bond donors (Lipinski definition) is 1. The first-order valence-electron chi connectivity index (χ1n) is 9.89. The monoisotopic (exact) mass is 372 g/mol. The van der Waals surface area contributed by atoms with Crippen LogP contribution in [0.3, 0.4) is 0 Å². The van der Waals surface area contributed by atoms with Gasteiger partial charge in [-0.25, -0.2) is 0 Å². The minimum atomic E-state index is -0.410. The number of aldehydes is 1. The van der Waals surface area contributed by atoms with Crippen molar-refractivity contribution in [2.45, 2.75) is 37.7 Å². The van der Waals surface area contributed by atoms with Gasteiger partial charge in [-0.1, -0.05) is 54.5 Å². The van der Waals surface area contributed by atoms with Crippen LogP contribution in [0.1, 0.15) is 42.7 Å². The molecular weight excluding hydrogens is 348 g/mol. The molecule has 1 N–H and O–H groups in total. The van der Waals surface area contributed by atoms with Crippen molar-refractivity contribution in [2.24, 2.45) is 11.8 Å². The maximum atomic E-state index is 10.9. The van der Waals surface area contributed by atoms with Gasteiger partial charge in [0.25, 0.3) is 0 Å². The number of carbonyl (C=O) groups is 1. The summed E-state index contributed by atoms with van der Waals surface area (Å²) in [5, 5.41) is 11.2. The molecule has 142 valence electrons. The minimum Gasteiger partial charge on any atom is -0.464 e. The number of fused-ring (bicyclic) bond motifs is 1. The Balaban J connectivity index is 1.62. The quantitative estimate of drug-likeness (QED) is 0.510. The van der Waals surface area contributed by atoms with Crippen LogP contribution < -0.4 is 0 Å². The molecule has 0 bridgehead atoms. The number of aliphatic hydroxyl groups is 1. The second-order valence-corrected chi connectivity index (χ2v) is 7.49. The van der Waals surface area contributed by atoms with Crippen molar-refractivity contribution < 1.29 is 14.3 Å². The summed E-state index contributed by atoms with van der Waals surface area (Å²) in [5.74, 6) is 6.91. The summed E-state index contributed by atoms with van der Waals surface area (Å²) in [6, 6.07) is 18.4. The van der Waals surface area contributed by atoms with Crippen LogP contribution in [-0.4, -0.2) is 17.5 Å². The van der Waals surface area contributed by atoms with E-state index in [0.29, 0.717) is 12.8 Å². The molecule has 1 heterocycles. The van der Waals surface area contributed by atoms with E-state index < -0.39 is 6.10 Å². The molecule has 0 radical (unpaired) electrons. The highest BCUT2D eigenvalue weighted by Crippen LogP contribution is 2.36. The van der Waals surface area contributed by atoms with Gasteiger partial charge in [-0.3, -0.25) is 0 Å². The third-order valence-electron chi connectivity index (χ3n) is 5.83. The first-order valence-corrected chi connectivity index (χ1v) is 9.89. The van der Waals surface area contributed by atoms with Gasteiger partial charge in [-0.05, 0) is 24.5 Å². The second-order valence-electron chi connectivity index (χ2n) is 7.49. The molecule has 1 aliphatic carbocycles. The molecule has 4 atom stereocenters. The largest absolute Gasteiger partial charge is 0.464 e. The Labute approximate surface area is 165 Å². The van der Waals surface area contributed by atoms with E-state index in [9.17, 15) is 9.90 Å². The van der Waals surface area contributed by atoms with E-state index in [1.807, 2.05) is 42.7 Å². The number of para-hydroxylation sites is 1. The molecule has 4 unspecified atom stereocenters. The van der Waals surface area contributed by atoms with Crippen LogP contribution in [0, 0.1) is 23.7 Å². The van der Waals surface area contributed by atoms with Gasteiger partial charge in [0.2, 0.25) is 0 Å². The van der Waals surface area contributed by atoms with Crippen molar-refractivity contribution in [3.05, 3.63) is 72.0 Å². The predicted molar refractivity (Wildman–Crippen MR) is 110 cm³/mol. The number of rotatable bonds is 5. The van der Waals surface area contributed by atoms with E-state index in [1.54, 1.807) is 0 Å². The molecule has 1 aromatic heterocycles. The number of hydrogen-bond acceptors (Lipinski definition) is 3. The molecule has 3 nitrogen and oxygen atoms in total. The maximum absolute atomic E-state index is 10.9. The van der Waals surface area contributed by atoms with Crippen molar-refractivity contribution >= 4 is 17.3 Å². The minimum absolute atomic E-state index is 0.0325. The Kier molecular flexibility index (Phi) is 5.60. The lowest BCUT2D eigenvalue weighted by atomic mass is 9.87. The zero-order valence-electron chi connectivity index (χ0n) is 15.8. The molecule has 28 heavy (non-hydrogen) atoms. The van der Waals surface area contributed by atoms with Crippen LogP contribution in [0.25, 0.3) is 11.0 Å². The average molecular weight is 372 g/mol. The summed E-state index contributed by atoms with van der Waals surface area (Å²) >= 11 is 0. The van der Waals surface area contributed by atoms with Gasteiger partial charge < -0.3 is 14.3 Å². The zero-order chi connectivity index (χ0) is 19.3. The summed E-state index contributed by atoms with van der Waals surface area (Å²) in [7, 11) is 0. The van der Waals surface area contributed by atoms with E-state index in [1.165, 1.54) is 5.56 Å². The van der Waals surface area contributed by atoms with Gasteiger partial charge in [0.05, 0.1) is 12.4 Å². The molecule has 1 aliphatic rings. The molecule has 3 heteroatoms. The maximum Gasteiger partial charge on any atom is 0.134 e. The lowest BCUT2D eigenvalue weighted by Crippen LogP contribution is -2.18. The Bertz CT molecular complexity index is 993. The van der Waals surface area contributed by atoms with Crippen molar-refractivity contribution in [1.29, 1.82) is 0 Å². The highest BCUT2D eigenvalue weighted by atomic mass is 16.3. The normalized spacial score (nSPS) is 22.5. The van der Waals surface area contributed by atoms with Crippen molar-refractivity contribution in [1.82, 2.24) is 0 Å². The van der Waals surface area contributed by atoms with Gasteiger partial charge in [0.15, 0.2) is 0 Å². The molecule has 3 aromatic rings. The fourth-order valence-electron chi connectivity index (χ4n) is 4.31. The molecule has 0 aliphatic heterocycles. The predicted octanol–water partition coefficient (Wildman–Crippen LogP) is 4.93. The summed E-state index contributed by atoms with van der Waals surface area (Å²) < 4.78 is 5.77. The summed E-state index contributed by atoms with van der Waals surface area (Å²) in [4.78, 5) is 10.9. The molecule has 0 amide bonds. The molecule has 2 aromatic carbocycles. The Morgan fingerprint density at radius 3 is 2.71 bits per heavy atom. The number of carbonyl (C=O) groups excluding carboxylic acids is 1. The number of aliphatic hydroxyl groups excluding tert-OH is 1. The SMILES string of the molecule is O=CCC1C(O)CCC1C#CCC(c1ccccc1)c1coc2ccccc12. The Morgan fingerprint density at radius 1 is 1.11 bits per heavy atom. The standard InChI is InChI=1S/C25H24O3/c26-16-15-21-19(13-14-24(21)27)9-6-11-20(18-7-2-1-3-8-18)23-17-28-25-12-5-4-10-22(23)25/h1-5,7-8,10,12,16-17,19-21,24,27H,11,13-15H2. The van der Waals surface area contributed by atoms with Crippen LogP contribution in [-0.2, 0) is 4.79 Å². The van der Waals surface area contributed by atoms with Crippen LogP contribution in [0.2, 0.25) is 0 Å². The average Bonchev–Trinajstić information content (AvgIpc) is 3.31. The third kappa shape index (κ3) is 3.74. The fourth-order valence-corrected chi connectivity index (χ4v) is 4.31. The number of furan rings is 1. The van der Waals surface area contributed by atoms with E-state index in [2.05, 4.69) is 30.0 Å². The van der Waals surface area contributed by atoms with Gasteiger partial charge in [0.1, 0.15) is 11.9 Å².